The number of hydrogen-bond acceptors (Lipinski definition) is 1. The summed E-state index contributed by atoms with van der Waals surface area (Å²) in [7, 11) is 0. The molecule has 1 atom stereocenters. The van der Waals surface area contributed by atoms with Gasteiger partial charge in [0, 0.05) is 6.04 Å². The van der Waals surface area contributed by atoms with Crippen LogP contribution in [0.3, 0.4) is 0 Å². The van der Waals surface area contributed by atoms with Crippen LogP contribution in [0.15, 0.2) is 42.5 Å². The zero-order chi connectivity index (χ0) is 15.2. The molecule has 0 heterocycles. The van der Waals surface area contributed by atoms with Gasteiger partial charge in [-0.05, 0) is 56.8 Å². The lowest BCUT2D eigenvalue weighted by Crippen LogP contribution is -2.22. The molecule has 0 bridgehead atoms. The van der Waals surface area contributed by atoms with Crippen molar-refractivity contribution >= 4 is 0 Å². The van der Waals surface area contributed by atoms with E-state index in [0.717, 1.165) is 19.4 Å². The van der Waals surface area contributed by atoms with Gasteiger partial charge in [0.2, 0.25) is 0 Å². The molecule has 1 heteroatoms. The Morgan fingerprint density at radius 1 is 0.905 bits per heavy atom. The van der Waals surface area contributed by atoms with Gasteiger partial charge < -0.3 is 5.32 Å². The van der Waals surface area contributed by atoms with E-state index in [0.29, 0.717) is 6.04 Å². The Morgan fingerprint density at radius 2 is 1.57 bits per heavy atom. The molecule has 0 saturated carbocycles. The van der Waals surface area contributed by atoms with Crippen molar-refractivity contribution in [1.82, 2.24) is 5.32 Å². The molecule has 0 amide bonds. The molecule has 2 rings (SSSR count). The Balaban J connectivity index is 2.09. The number of benzene rings is 2. The third-order valence-corrected chi connectivity index (χ3v) is 4.09. The Morgan fingerprint density at radius 3 is 2.19 bits per heavy atom. The lowest BCUT2D eigenvalue weighted by molar-refractivity contribution is 0.513. The van der Waals surface area contributed by atoms with E-state index in [-0.39, 0.29) is 0 Å². The second-order valence-corrected chi connectivity index (χ2v) is 5.99. The van der Waals surface area contributed by atoms with Gasteiger partial charge in [0.25, 0.3) is 0 Å². The molecular formula is C20H27N. The Hall–Kier alpha value is -1.60. The van der Waals surface area contributed by atoms with E-state index in [1.165, 1.54) is 27.8 Å². The van der Waals surface area contributed by atoms with Crippen LogP contribution in [-0.2, 0) is 6.42 Å². The summed E-state index contributed by atoms with van der Waals surface area (Å²) in [4.78, 5) is 0. The van der Waals surface area contributed by atoms with Gasteiger partial charge >= 0.3 is 0 Å². The van der Waals surface area contributed by atoms with Gasteiger partial charge in [0.15, 0.2) is 0 Å². The topological polar surface area (TPSA) is 12.0 Å². The van der Waals surface area contributed by atoms with Crippen LogP contribution in [0.2, 0.25) is 0 Å². The quantitative estimate of drug-likeness (QED) is 0.794. The predicted octanol–water partition coefficient (Wildman–Crippen LogP) is 4.90. The van der Waals surface area contributed by atoms with Crippen molar-refractivity contribution in [2.45, 2.75) is 46.6 Å². The van der Waals surface area contributed by atoms with Crippen LogP contribution in [-0.4, -0.2) is 6.54 Å². The molecule has 0 saturated heterocycles. The van der Waals surface area contributed by atoms with E-state index in [4.69, 9.17) is 0 Å². The van der Waals surface area contributed by atoms with Gasteiger partial charge in [0.05, 0.1) is 0 Å². The molecule has 1 N–H and O–H groups in total. The molecule has 0 radical (unpaired) electrons. The van der Waals surface area contributed by atoms with E-state index >= 15 is 0 Å². The first kappa shape index (κ1) is 15.8. The summed E-state index contributed by atoms with van der Waals surface area (Å²) in [6.45, 7) is 9.71. The van der Waals surface area contributed by atoms with Gasteiger partial charge in [0.1, 0.15) is 0 Å². The van der Waals surface area contributed by atoms with Crippen LogP contribution in [0.1, 0.15) is 47.2 Å². The minimum atomic E-state index is 0.442. The first-order chi connectivity index (χ1) is 10.1. The van der Waals surface area contributed by atoms with Gasteiger partial charge in [-0.15, -0.1) is 0 Å². The fraction of sp³-hybridized carbons (Fsp3) is 0.400. The van der Waals surface area contributed by atoms with Crippen molar-refractivity contribution in [2.24, 2.45) is 0 Å². The molecular weight excluding hydrogens is 254 g/mol. The molecule has 2 aromatic carbocycles. The van der Waals surface area contributed by atoms with Crippen LogP contribution in [0.4, 0.5) is 0 Å². The smallest absolute Gasteiger partial charge is 0.0325 e. The molecule has 21 heavy (non-hydrogen) atoms. The minimum Gasteiger partial charge on any atom is -0.310 e. The molecule has 0 fully saturated rings. The average Bonchev–Trinajstić information content (AvgIpc) is 2.46. The zero-order valence-electron chi connectivity index (χ0n) is 13.7. The van der Waals surface area contributed by atoms with Crippen molar-refractivity contribution in [2.75, 3.05) is 6.54 Å². The molecule has 0 spiro atoms. The van der Waals surface area contributed by atoms with Crippen LogP contribution < -0.4 is 5.32 Å². The highest BCUT2D eigenvalue weighted by atomic mass is 14.9. The molecule has 1 unspecified atom stereocenters. The van der Waals surface area contributed by atoms with Gasteiger partial charge in [-0.25, -0.2) is 0 Å². The normalized spacial score (nSPS) is 12.4. The highest BCUT2D eigenvalue weighted by Crippen LogP contribution is 2.23. The summed E-state index contributed by atoms with van der Waals surface area (Å²) in [6, 6.07) is 16.1. The second kappa shape index (κ2) is 7.42. The summed E-state index contributed by atoms with van der Waals surface area (Å²) in [6.07, 6.45) is 2.26. The van der Waals surface area contributed by atoms with Crippen LogP contribution in [0.5, 0.6) is 0 Å². The Bertz CT molecular complexity index is 569. The molecule has 2 aromatic rings. The average molecular weight is 281 g/mol. The maximum absolute atomic E-state index is 3.64. The first-order valence-electron chi connectivity index (χ1n) is 7.96. The van der Waals surface area contributed by atoms with E-state index < -0.39 is 0 Å². The maximum atomic E-state index is 3.64. The van der Waals surface area contributed by atoms with Gasteiger partial charge in [-0.2, -0.15) is 0 Å². The highest BCUT2D eigenvalue weighted by molar-refractivity contribution is 5.33. The number of aryl methyl sites for hydroxylation is 4. The summed E-state index contributed by atoms with van der Waals surface area (Å²) in [5.74, 6) is 0. The van der Waals surface area contributed by atoms with E-state index in [1.54, 1.807) is 0 Å². The minimum absolute atomic E-state index is 0.442. The van der Waals surface area contributed by atoms with Crippen LogP contribution in [0.25, 0.3) is 0 Å². The summed E-state index contributed by atoms with van der Waals surface area (Å²) < 4.78 is 0. The third-order valence-electron chi connectivity index (χ3n) is 4.09. The van der Waals surface area contributed by atoms with E-state index in [2.05, 4.69) is 75.5 Å². The highest BCUT2D eigenvalue weighted by Gasteiger charge is 2.12. The SMILES string of the molecule is CCNC(CCc1ccc(C)cc1)c1ccc(C)cc1C. The molecule has 0 aliphatic rings. The van der Waals surface area contributed by atoms with Crippen molar-refractivity contribution in [3.05, 3.63) is 70.3 Å². The fourth-order valence-electron chi connectivity index (χ4n) is 2.90. The fourth-order valence-corrected chi connectivity index (χ4v) is 2.90. The molecule has 0 aliphatic heterocycles. The van der Waals surface area contributed by atoms with E-state index in [9.17, 15) is 0 Å². The number of nitrogens with one attached hydrogen (secondary N) is 1. The number of rotatable bonds is 6. The van der Waals surface area contributed by atoms with Crippen LogP contribution in [0, 0.1) is 20.8 Å². The first-order valence-corrected chi connectivity index (χ1v) is 7.96. The van der Waals surface area contributed by atoms with E-state index in [1.807, 2.05) is 0 Å². The van der Waals surface area contributed by atoms with Crippen molar-refractivity contribution in [3.8, 4) is 0 Å². The molecule has 112 valence electrons. The molecule has 0 aromatic heterocycles. The van der Waals surface area contributed by atoms with Gasteiger partial charge in [-0.3, -0.25) is 0 Å². The zero-order valence-corrected chi connectivity index (χ0v) is 13.7. The molecule has 0 aliphatic carbocycles. The Labute approximate surface area is 129 Å². The predicted molar refractivity (Wildman–Crippen MR) is 91.8 cm³/mol. The lowest BCUT2D eigenvalue weighted by Gasteiger charge is -2.21. The van der Waals surface area contributed by atoms with Crippen molar-refractivity contribution in [1.29, 1.82) is 0 Å². The van der Waals surface area contributed by atoms with Crippen molar-refractivity contribution in [3.63, 3.8) is 0 Å². The largest absolute Gasteiger partial charge is 0.310 e. The molecule has 1 nitrogen and oxygen atoms in total. The standard InChI is InChI=1S/C20H27N/c1-5-21-20(19-12-8-16(3)14-17(19)4)13-11-18-9-6-15(2)7-10-18/h6-10,12,14,20-21H,5,11,13H2,1-4H3. The summed E-state index contributed by atoms with van der Waals surface area (Å²) in [5, 5.41) is 3.64. The van der Waals surface area contributed by atoms with Crippen molar-refractivity contribution < 1.29 is 0 Å². The van der Waals surface area contributed by atoms with Gasteiger partial charge in [-0.1, -0.05) is 60.5 Å². The van der Waals surface area contributed by atoms with Crippen LogP contribution >= 0.6 is 0 Å². The Kier molecular flexibility index (Phi) is 5.58. The summed E-state index contributed by atoms with van der Waals surface area (Å²) >= 11 is 0. The maximum Gasteiger partial charge on any atom is 0.0325 e. The summed E-state index contributed by atoms with van der Waals surface area (Å²) in [5.41, 5.74) is 6.93. The lowest BCUT2D eigenvalue weighted by atomic mass is 9.94. The second-order valence-electron chi connectivity index (χ2n) is 5.99. The third kappa shape index (κ3) is 4.44. The number of hydrogen-bond donors (Lipinski definition) is 1. The monoisotopic (exact) mass is 281 g/mol.